The van der Waals surface area contributed by atoms with Crippen molar-refractivity contribution in [2.24, 2.45) is 0 Å². The van der Waals surface area contributed by atoms with Crippen LogP contribution in [0.2, 0.25) is 0 Å². The molecule has 140 valence electrons. The molecule has 0 aliphatic carbocycles. The zero-order valence-electron chi connectivity index (χ0n) is 15.0. The van der Waals surface area contributed by atoms with Crippen LogP contribution in [-0.4, -0.2) is 62.4 Å². The third-order valence-corrected chi connectivity index (χ3v) is 6.60. The van der Waals surface area contributed by atoms with E-state index in [0.29, 0.717) is 23.7 Å². The Morgan fingerprint density at radius 1 is 1.08 bits per heavy atom. The molecule has 26 heavy (non-hydrogen) atoms. The van der Waals surface area contributed by atoms with Gasteiger partial charge in [0.1, 0.15) is 5.75 Å². The van der Waals surface area contributed by atoms with E-state index in [-0.39, 0.29) is 0 Å². The summed E-state index contributed by atoms with van der Waals surface area (Å²) in [6.45, 7) is 3.57. The van der Waals surface area contributed by atoms with Crippen molar-refractivity contribution in [2.75, 3.05) is 39.8 Å². The summed E-state index contributed by atoms with van der Waals surface area (Å²) in [6, 6.07) is 10.6. The normalized spacial score (nSPS) is 16.5. The number of hydrogen-bond donors (Lipinski definition) is 0. The lowest BCUT2D eigenvalue weighted by Gasteiger charge is -2.34. The minimum Gasteiger partial charge on any atom is -0.497 e. The van der Waals surface area contributed by atoms with Crippen molar-refractivity contribution >= 4 is 10.0 Å². The van der Waals surface area contributed by atoms with Crippen LogP contribution in [0.25, 0.3) is 0 Å². The predicted molar refractivity (Wildman–Crippen MR) is 101 cm³/mol. The maximum Gasteiger partial charge on any atom is 0.243 e. The Balaban J connectivity index is 1.49. The van der Waals surface area contributed by atoms with Gasteiger partial charge in [0.25, 0.3) is 0 Å². The van der Waals surface area contributed by atoms with E-state index in [9.17, 15) is 8.42 Å². The highest BCUT2D eigenvalue weighted by Crippen LogP contribution is 2.20. The van der Waals surface area contributed by atoms with Gasteiger partial charge in [0, 0.05) is 38.6 Å². The van der Waals surface area contributed by atoms with Gasteiger partial charge in [-0.2, -0.15) is 4.31 Å². The van der Waals surface area contributed by atoms with Crippen LogP contribution in [0.15, 0.2) is 53.7 Å². The molecule has 6 nitrogen and oxygen atoms in total. The molecule has 0 unspecified atom stereocenters. The number of nitrogens with zero attached hydrogens (tertiary/aromatic N) is 3. The van der Waals surface area contributed by atoms with Gasteiger partial charge < -0.3 is 9.64 Å². The second-order valence-corrected chi connectivity index (χ2v) is 8.32. The largest absolute Gasteiger partial charge is 0.497 e. The number of aryl methyl sites for hydroxylation is 1. The SMILES string of the molecule is COc1ccc(S(=O)(=O)N2CCN(CCCc3cccnc3)CC2)cc1. The summed E-state index contributed by atoms with van der Waals surface area (Å²) in [5.74, 6) is 0.655. The molecule has 1 aromatic carbocycles. The third-order valence-electron chi connectivity index (χ3n) is 4.69. The van der Waals surface area contributed by atoms with Gasteiger partial charge in [-0.05, 0) is 55.3 Å². The third kappa shape index (κ3) is 4.60. The number of piperazine rings is 1. The molecular weight excluding hydrogens is 350 g/mol. The van der Waals surface area contributed by atoms with Gasteiger partial charge in [0.15, 0.2) is 0 Å². The lowest BCUT2D eigenvalue weighted by molar-refractivity contribution is 0.187. The number of pyridine rings is 1. The quantitative estimate of drug-likeness (QED) is 0.741. The van der Waals surface area contributed by atoms with E-state index in [4.69, 9.17) is 4.74 Å². The van der Waals surface area contributed by atoms with Crippen molar-refractivity contribution in [3.8, 4) is 5.75 Å². The summed E-state index contributed by atoms with van der Waals surface area (Å²) in [6.07, 6.45) is 5.74. The summed E-state index contributed by atoms with van der Waals surface area (Å²) >= 11 is 0. The molecule has 0 amide bonds. The first-order chi connectivity index (χ1) is 12.6. The standard InChI is InChI=1S/C19H25N3O3S/c1-25-18-6-8-19(9-7-18)26(23,24)22-14-12-21(13-15-22)11-3-5-17-4-2-10-20-16-17/h2,4,6-10,16H,3,5,11-15H2,1H3. The Bertz CT molecular complexity index is 787. The lowest BCUT2D eigenvalue weighted by Crippen LogP contribution is -2.48. The second kappa shape index (κ2) is 8.62. The molecule has 0 saturated carbocycles. The predicted octanol–water partition coefficient (Wildman–Crippen LogP) is 2.03. The highest BCUT2D eigenvalue weighted by molar-refractivity contribution is 7.89. The van der Waals surface area contributed by atoms with E-state index in [0.717, 1.165) is 32.5 Å². The number of methoxy groups -OCH3 is 1. The molecule has 3 rings (SSSR count). The zero-order valence-corrected chi connectivity index (χ0v) is 15.9. The van der Waals surface area contributed by atoms with Gasteiger partial charge in [-0.1, -0.05) is 6.07 Å². The van der Waals surface area contributed by atoms with Crippen LogP contribution in [-0.2, 0) is 16.4 Å². The Morgan fingerprint density at radius 3 is 2.42 bits per heavy atom. The summed E-state index contributed by atoms with van der Waals surface area (Å²) in [5, 5.41) is 0. The molecule has 1 saturated heterocycles. The van der Waals surface area contributed by atoms with Crippen molar-refractivity contribution < 1.29 is 13.2 Å². The zero-order chi connectivity index (χ0) is 18.4. The molecule has 1 aromatic heterocycles. The fourth-order valence-corrected chi connectivity index (χ4v) is 4.57. The number of sulfonamides is 1. The molecule has 0 spiro atoms. The first kappa shape index (κ1) is 18.8. The fraction of sp³-hybridized carbons (Fsp3) is 0.421. The van der Waals surface area contributed by atoms with Gasteiger partial charge in [-0.25, -0.2) is 8.42 Å². The van der Waals surface area contributed by atoms with Crippen molar-refractivity contribution in [1.29, 1.82) is 0 Å². The Hall–Kier alpha value is -1.96. The van der Waals surface area contributed by atoms with Crippen molar-refractivity contribution in [1.82, 2.24) is 14.2 Å². The van der Waals surface area contributed by atoms with E-state index in [1.807, 2.05) is 12.3 Å². The van der Waals surface area contributed by atoms with Crippen molar-refractivity contribution in [3.63, 3.8) is 0 Å². The van der Waals surface area contributed by atoms with Crippen LogP contribution in [0.4, 0.5) is 0 Å². The molecule has 0 N–H and O–H groups in total. The van der Waals surface area contributed by atoms with Crippen LogP contribution < -0.4 is 4.74 Å². The molecule has 1 aliphatic rings. The van der Waals surface area contributed by atoms with Gasteiger partial charge in [0.05, 0.1) is 12.0 Å². The number of ether oxygens (including phenoxy) is 1. The maximum atomic E-state index is 12.8. The molecule has 7 heteroatoms. The van der Waals surface area contributed by atoms with Crippen molar-refractivity contribution in [3.05, 3.63) is 54.4 Å². The molecule has 0 atom stereocenters. The van der Waals surface area contributed by atoms with Crippen molar-refractivity contribution in [2.45, 2.75) is 17.7 Å². The number of rotatable bonds is 7. The van der Waals surface area contributed by atoms with E-state index in [2.05, 4.69) is 16.0 Å². The summed E-state index contributed by atoms with van der Waals surface area (Å²) in [7, 11) is -1.86. The Labute approximate surface area is 155 Å². The summed E-state index contributed by atoms with van der Waals surface area (Å²) in [4.78, 5) is 6.78. The van der Waals surface area contributed by atoms with Crippen LogP contribution in [0.5, 0.6) is 5.75 Å². The first-order valence-corrected chi connectivity index (χ1v) is 10.3. The van der Waals surface area contributed by atoms with Crippen LogP contribution in [0, 0.1) is 0 Å². The molecule has 0 radical (unpaired) electrons. The molecule has 1 fully saturated rings. The average Bonchev–Trinajstić information content (AvgIpc) is 2.69. The Morgan fingerprint density at radius 2 is 1.81 bits per heavy atom. The van der Waals surface area contributed by atoms with E-state index >= 15 is 0 Å². The van der Waals surface area contributed by atoms with Gasteiger partial charge in [-0.3, -0.25) is 4.98 Å². The van der Waals surface area contributed by atoms with E-state index in [1.165, 1.54) is 5.56 Å². The summed E-state index contributed by atoms with van der Waals surface area (Å²) < 4.78 is 32.2. The highest BCUT2D eigenvalue weighted by atomic mass is 32.2. The number of hydrogen-bond acceptors (Lipinski definition) is 5. The molecule has 2 heterocycles. The minimum atomic E-state index is -3.43. The molecule has 0 bridgehead atoms. The monoisotopic (exact) mass is 375 g/mol. The minimum absolute atomic E-state index is 0.323. The molecular formula is C19H25N3O3S. The molecule has 2 aromatic rings. The lowest BCUT2D eigenvalue weighted by atomic mass is 10.1. The average molecular weight is 375 g/mol. The summed E-state index contributed by atoms with van der Waals surface area (Å²) in [5.41, 5.74) is 1.24. The number of aromatic nitrogens is 1. The van der Waals surface area contributed by atoms with E-state index in [1.54, 1.807) is 41.9 Å². The van der Waals surface area contributed by atoms with Crippen LogP contribution in [0.1, 0.15) is 12.0 Å². The van der Waals surface area contributed by atoms with Gasteiger partial charge >= 0.3 is 0 Å². The first-order valence-electron chi connectivity index (χ1n) is 8.85. The van der Waals surface area contributed by atoms with E-state index < -0.39 is 10.0 Å². The smallest absolute Gasteiger partial charge is 0.243 e. The van der Waals surface area contributed by atoms with Crippen LogP contribution in [0.3, 0.4) is 0 Å². The maximum absolute atomic E-state index is 12.8. The topological polar surface area (TPSA) is 62.7 Å². The molecule has 1 aliphatic heterocycles. The number of benzene rings is 1. The highest BCUT2D eigenvalue weighted by Gasteiger charge is 2.28. The Kier molecular flexibility index (Phi) is 6.24. The van der Waals surface area contributed by atoms with Crippen LogP contribution >= 0.6 is 0 Å². The fourth-order valence-electron chi connectivity index (χ4n) is 3.14. The van der Waals surface area contributed by atoms with Gasteiger partial charge in [0.2, 0.25) is 10.0 Å². The second-order valence-electron chi connectivity index (χ2n) is 6.39. The van der Waals surface area contributed by atoms with Gasteiger partial charge in [-0.15, -0.1) is 0 Å².